The SMILES string of the molecule is Cl.Cl.c1cncc([C@@H]2CCCCN2)c1. The predicted molar refractivity (Wildman–Crippen MR) is 63.3 cm³/mol. The summed E-state index contributed by atoms with van der Waals surface area (Å²) in [5.74, 6) is 0. The van der Waals surface area contributed by atoms with E-state index in [4.69, 9.17) is 0 Å². The van der Waals surface area contributed by atoms with Gasteiger partial charge in [-0.2, -0.15) is 0 Å². The van der Waals surface area contributed by atoms with Gasteiger partial charge in [0.2, 0.25) is 0 Å². The summed E-state index contributed by atoms with van der Waals surface area (Å²) in [6, 6.07) is 4.70. The average Bonchev–Trinajstić information content (AvgIpc) is 2.21. The molecule has 0 unspecified atom stereocenters. The lowest BCUT2D eigenvalue weighted by Crippen LogP contribution is -2.26. The largest absolute Gasteiger partial charge is 0.310 e. The van der Waals surface area contributed by atoms with E-state index in [0.29, 0.717) is 6.04 Å². The topological polar surface area (TPSA) is 24.9 Å². The summed E-state index contributed by atoms with van der Waals surface area (Å²) in [6.45, 7) is 1.15. The maximum absolute atomic E-state index is 4.12. The quantitative estimate of drug-likeness (QED) is 0.809. The lowest BCUT2D eigenvalue weighted by Gasteiger charge is -2.23. The molecule has 0 saturated carbocycles. The van der Waals surface area contributed by atoms with Crippen LogP contribution >= 0.6 is 24.8 Å². The zero-order valence-corrected chi connectivity index (χ0v) is 9.61. The van der Waals surface area contributed by atoms with E-state index in [1.54, 1.807) is 0 Å². The van der Waals surface area contributed by atoms with Crippen molar-refractivity contribution >= 4 is 24.8 Å². The molecule has 0 spiro atoms. The van der Waals surface area contributed by atoms with Crippen LogP contribution in [-0.2, 0) is 0 Å². The summed E-state index contributed by atoms with van der Waals surface area (Å²) >= 11 is 0. The Labute approximate surface area is 97.3 Å². The molecule has 2 nitrogen and oxygen atoms in total. The first-order chi connectivity index (χ1) is 5.97. The molecule has 0 aliphatic carbocycles. The van der Waals surface area contributed by atoms with Gasteiger partial charge in [-0.1, -0.05) is 12.5 Å². The van der Waals surface area contributed by atoms with Crippen LogP contribution < -0.4 is 5.32 Å². The van der Waals surface area contributed by atoms with Crippen LogP contribution in [0.15, 0.2) is 24.5 Å². The molecule has 1 aromatic heterocycles. The van der Waals surface area contributed by atoms with E-state index < -0.39 is 0 Å². The van der Waals surface area contributed by atoms with Gasteiger partial charge in [0.05, 0.1) is 0 Å². The number of pyridine rings is 1. The molecule has 0 bridgehead atoms. The van der Waals surface area contributed by atoms with E-state index in [-0.39, 0.29) is 24.8 Å². The van der Waals surface area contributed by atoms with Gasteiger partial charge in [-0.05, 0) is 31.0 Å². The molecule has 2 rings (SSSR count). The Morgan fingerprint density at radius 2 is 2.14 bits per heavy atom. The van der Waals surface area contributed by atoms with Gasteiger partial charge >= 0.3 is 0 Å². The van der Waals surface area contributed by atoms with Crippen LogP contribution in [0.5, 0.6) is 0 Å². The second-order valence-corrected chi connectivity index (χ2v) is 3.29. The first-order valence-electron chi connectivity index (χ1n) is 4.60. The van der Waals surface area contributed by atoms with Gasteiger partial charge in [0.15, 0.2) is 0 Å². The number of aromatic nitrogens is 1. The fraction of sp³-hybridized carbons (Fsp3) is 0.500. The Kier molecular flexibility index (Phi) is 6.89. The summed E-state index contributed by atoms with van der Waals surface area (Å²) in [5, 5.41) is 3.50. The van der Waals surface area contributed by atoms with Crippen molar-refractivity contribution < 1.29 is 0 Å². The van der Waals surface area contributed by atoms with Gasteiger partial charge in [0.25, 0.3) is 0 Å². The van der Waals surface area contributed by atoms with Crippen molar-refractivity contribution in [1.82, 2.24) is 10.3 Å². The predicted octanol–water partition coefficient (Wildman–Crippen LogP) is 2.74. The first-order valence-corrected chi connectivity index (χ1v) is 4.60. The number of nitrogens with one attached hydrogen (secondary N) is 1. The van der Waals surface area contributed by atoms with Gasteiger partial charge in [-0.3, -0.25) is 4.98 Å². The molecule has 2 heterocycles. The van der Waals surface area contributed by atoms with E-state index in [2.05, 4.69) is 16.4 Å². The molecule has 4 heteroatoms. The van der Waals surface area contributed by atoms with Crippen molar-refractivity contribution in [1.29, 1.82) is 0 Å². The minimum Gasteiger partial charge on any atom is -0.310 e. The number of hydrogen-bond donors (Lipinski definition) is 1. The molecule has 1 aliphatic rings. The molecule has 1 atom stereocenters. The van der Waals surface area contributed by atoms with Crippen molar-refractivity contribution in [3.8, 4) is 0 Å². The maximum Gasteiger partial charge on any atom is 0.0335 e. The normalized spacial score (nSPS) is 20.4. The van der Waals surface area contributed by atoms with Crippen molar-refractivity contribution in [3.63, 3.8) is 0 Å². The van der Waals surface area contributed by atoms with Gasteiger partial charge < -0.3 is 5.32 Å². The highest BCUT2D eigenvalue weighted by Crippen LogP contribution is 2.21. The Morgan fingerprint density at radius 3 is 2.71 bits per heavy atom. The Balaban J connectivity index is 0.000000845. The van der Waals surface area contributed by atoms with Crippen LogP contribution in [0, 0.1) is 0 Å². The van der Waals surface area contributed by atoms with Crippen LogP contribution in [0.1, 0.15) is 30.9 Å². The maximum atomic E-state index is 4.12. The van der Waals surface area contributed by atoms with Crippen molar-refractivity contribution in [3.05, 3.63) is 30.1 Å². The van der Waals surface area contributed by atoms with Gasteiger partial charge in [-0.25, -0.2) is 0 Å². The fourth-order valence-electron chi connectivity index (χ4n) is 1.72. The van der Waals surface area contributed by atoms with Crippen LogP contribution in [0.25, 0.3) is 0 Å². The summed E-state index contributed by atoms with van der Waals surface area (Å²) in [4.78, 5) is 4.12. The van der Waals surface area contributed by atoms with Crippen LogP contribution in [-0.4, -0.2) is 11.5 Å². The lowest BCUT2D eigenvalue weighted by atomic mass is 9.99. The lowest BCUT2D eigenvalue weighted by molar-refractivity contribution is 0.411. The van der Waals surface area contributed by atoms with E-state index in [0.717, 1.165) is 6.54 Å². The van der Waals surface area contributed by atoms with Crippen molar-refractivity contribution in [2.24, 2.45) is 0 Å². The number of piperidine rings is 1. The molecule has 14 heavy (non-hydrogen) atoms. The molecular weight excluding hydrogens is 219 g/mol. The third kappa shape index (κ3) is 3.45. The molecule has 1 aliphatic heterocycles. The van der Waals surface area contributed by atoms with E-state index in [9.17, 15) is 0 Å². The zero-order valence-electron chi connectivity index (χ0n) is 7.98. The monoisotopic (exact) mass is 234 g/mol. The van der Waals surface area contributed by atoms with E-state index in [1.165, 1.54) is 24.8 Å². The van der Waals surface area contributed by atoms with Gasteiger partial charge in [0, 0.05) is 18.4 Å². The minimum absolute atomic E-state index is 0. The molecule has 1 aromatic rings. The summed E-state index contributed by atoms with van der Waals surface area (Å²) < 4.78 is 0. The molecule has 0 amide bonds. The van der Waals surface area contributed by atoms with Crippen LogP contribution in [0.2, 0.25) is 0 Å². The average molecular weight is 235 g/mol. The smallest absolute Gasteiger partial charge is 0.0335 e. The van der Waals surface area contributed by atoms with Crippen LogP contribution in [0.3, 0.4) is 0 Å². The van der Waals surface area contributed by atoms with Crippen molar-refractivity contribution in [2.45, 2.75) is 25.3 Å². The Hall–Kier alpha value is -0.310. The molecule has 80 valence electrons. The second-order valence-electron chi connectivity index (χ2n) is 3.29. The third-order valence-electron chi connectivity index (χ3n) is 2.40. The standard InChI is InChI=1S/C10H14N2.2ClH/c1-2-7-12-10(5-1)9-4-3-6-11-8-9;;/h3-4,6,8,10,12H,1-2,5,7H2;2*1H/t10-;;/m0../s1. The van der Waals surface area contributed by atoms with E-state index >= 15 is 0 Å². The summed E-state index contributed by atoms with van der Waals surface area (Å²) in [5.41, 5.74) is 1.33. The molecule has 0 radical (unpaired) electrons. The molecule has 1 saturated heterocycles. The number of rotatable bonds is 1. The molecule has 0 aromatic carbocycles. The van der Waals surface area contributed by atoms with Crippen molar-refractivity contribution in [2.75, 3.05) is 6.54 Å². The minimum atomic E-state index is 0. The molecule has 1 fully saturated rings. The Bertz CT molecular complexity index is 235. The highest BCUT2D eigenvalue weighted by Gasteiger charge is 2.13. The highest BCUT2D eigenvalue weighted by atomic mass is 35.5. The number of halogens is 2. The fourth-order valence-corrected chi connectivity index (χ4v) is 1.72. The van der Waals surface area contributed by atoms with Gasteiger partial charge in [-0.15, -0.1) is 24.8 Å². The second kappa shape index (κ2) is 7.04. The molecule has 1 N–H and O–H groups in total. The third-order valence-corrected chi connectivity index (χ3v) is 2.40. The van der Waals surface area contributed by atoms with Gasteiger partial charge in [0.1, 0.15) is 0 Å². The number of hydrogen-bond acceptors (Lipinski definition) is 2. The van der Waals surface area contributed by atoms with Crippen LogP contribution in [0.4, 0.5) is 0 Å². The molecular formula is C10H16Cl2N2. The number of nitrogens with zero attached hydrogens (tertiary/aromatic N) is 1. The van der Waals surface area contributed by atoms with E-state index in [1.807, 2.05) is 18.5 Å². The highest BCUT2D eigenvalue weighted by molar-refractivity contribution is 5.85. The first kappa shape index (κ1) is 13.7. The Morgan fingerprint density at radius 1 is 1.29 bits per heavy atom. The summed E-state index contributed by atoms with van der Waals surface area (Å²) in [7, 11) is 0. The summed E-state index contributed by atoms with van der Waals surface area (Å²) in [6.07, 6.45) is 7.70. The zero-order chi connectivity index (χ0) is 8.23.